The zero-order chi connectivity index (χ0) is 15.4. The van der Waals surface area contributed by atoms with Crippen LogP contribution in [0.15, 0.2) is 24.3 Å². The van der Waals surface area contributed by atoms with Crippen LogP contribution in [0.25, 0.3) is 0 Å². The van der Waals surface area contributed by atoms with Crippen LogP contribution in [-0.4, -0.2) is 54.3 Å². The molecule has 114 valence electrons. The number of carbonyl (C=O) groups is 2. The number of hydrogen-bond acceptors (Lipinski definition) is 4. The van der Waals surface area contributed by atoms with Crippen LogP contribution in [0.4, 0.5) is 0 Å². The van der Waals surface area contributed by atoms with Crippen molar-refractivity contribution in [3.05, 3.63) is 29.8 Å². The van der Waals surface area contributed by atoms with Gasteiger partial charge in [-0.25, -0.2) is 4.79 Å². The zero-order valence-corrected chi connectivity index (χ0v) is 12.1. The Bertz CT molecular complexity index is 531. The lowest BCUT2D eigenvalue weighted by Crippen LogP contribution is -2.43. The summed E-state index contributed by atoms with van der Waals surface area (Å²) < 4.78 is 10.6. The average molecular weight is 293 g/mol. The van der Waals surface area contributed by atoms with Gasteiger partial charge in [0.1, 0.15) is 11.8 Å². The standard InChI is InChI=1S/C15H19NO5/c1-10-4-3-5-11(6-10)21-9-14(17)16-8-12(20-2)7-13(16)15(18)19/h3-6,12-13H,7-9H2,1-2H3,(H,18,19). The van der Waals surface area contributed by atoms with E-state index in [2.05, 4.69) is 0 Å². The van der Waals surface area contributed by atoms with E-state index in [1.165, 1.54) is 12.0 Å². The number of methoxy groups -OCH3 is 1. The lowest BCUT2D eigenvalue weighted by molar-refractivity contribution is -0.148. The van der Waals surface area contributed by atoms with E-state index in [0.29, 0.717) is 12.2 Å². The Labute approximate surface area is 123 Å². The minimum Gasteiger partial charge on any atom is -0.484 e. The highest BCUT2D eigenvalue weighted by atomic mass is 16.5. The van der Waals surface area contributed by atoms with Gasteiger partial charge in [-0.3, -0.25) is 4.79 Å². The molecule has 2 atom stereocenters. The molecular formula is C15H19NO5. The minimum absolute atomic E-state index is 0.177. The Balaban J connectivity index is 1.97. The Kier molecular flexibility index (Phi) is 4.80. The number of aliphatic carboxylic acids is 1. The van der Waals surface area contributed by atoms with Gasteiger partial charge in [0.05, 0.1) is 6.10 Å². The number of likely N-dealkylation sites (tertiary alicyclic amines) is 1. The van der Waals surface area contributed by atoms with Crippen molar-refractivity contribution >= 4 is 11.9 Å². The average Bonchev–Trinajstić information content (AvgIpc) is 2.89. The molecule has 1 amide bonds. The number of rotatable bonds is 5. The van der Waals surface area contributed by atoms with Crippen molar-refractivity contribution in [1.29, 1.82) is 0 Å². The molecular weight excluding hydrogens is 274 g/mol. The maximum Gasteiger partial charge on any atom is 0.326 e. The summed E-state index contributed by atoms with van der Waals surface area (Å²) in [5, 5.41) is 9.18. The summed E-state index contributed by atoms with van der Waals surface area (Å²) in [6.07, 6.45) is 0.0659. The molecule has 0 aliphatic carbocycles. The van der Waals surface area contributed by atoms with Gasteiger partial charge in [-0.05, 0) is 24.6 Å². The summed E-state index contributed by atoms with van der Waals surface area (Å²) in [5.74, 6) is -0.764. The van der Waals surface area contributed by atoms with Gasteiger partial charge in [-0.15, -0.1) is 0 Å². The summed E-state index contributed by atoms with van der Waals surface area (Å²) in [5.41, 5.74) is 1.03. The maximum absolute atomic E-state index is 12.2. The molecule has 1 N–H and O–H groups in total. The molecule has 2 unspecified atom stereocenters. The van der Waals surface area contributed by atoms with E-state index in [-0.39, 0.29) is 25.2 Å². The molecule has 0 spiro atoms. The van der Waals surface area contributed by atoms with Gasteiger partial charge in [0, 0.05) is 20.1 Å². The third-order valence-corrected chi connectivity index (χ3v) is 3.55. The number of carboxylic acids is 1. The van der Waals surface area contributed by atoms with E-state index in [9.17, 15) is 14.7 Å². The van der Waals surface area contributed by atoms with Crippen molar-refractivity contribution in [3.8, 4) is 5.75 Å². The van der Waals surface area contributed by atoms with E-state index in [1.54, 1.807) is 6.07 Å². The van der Waals surface area contributed by atoms with Crippen LogP contribution >= 0.6 is 0 Å². The smallest absolute Gasteiger partial charge is 0.326 e. The fourth-order valence-corrected chi connectivity index (χ4v) is 2.41. The second-order valence-electron chi connectivity index (χ2n) is 5.10. The largest absolute Gasteiger partial charge is 0.484 e. The highest BCUT2D eigenvalue weighted by molar-refractivity contribution is 5.85. The molecule has 1 aromatic carbocycles. The Morgan fingerprint density at radius 1 is 1.43 bits per heavy atom. The van der Waals surface area contributed by atoms with E-state index < -0.39 is 12.0 Å². The van der Waals surface area contributed by atoms with Crippen LogP contribution in [0.1, 0.15) is 12.0 Å². The molecule has 0 radical (unpaired) electrons. The van der Waals surface area contributed by atoms with Crippen molar-refractivity contribution in [2.24, 2.45) is 0 Å². The summed E-state index contributed by atoms with van der Waals surface area (Å²) in [4.78, 5) is 24.7. The topological polar surface area (TPSA) is 76.1 Å². The molecule has 1 saturated heterocycles. The van der Waals surface area contributed by atoms with E-state index >= 15 is 0 Å². The fourth-order valence-electron chi connectivity index (χ4n) is 2.41. The molecule has 1 heterocycles. The molecule has 21 heavy (non-hydrogen) atoms. The molecule has 6 heteroatoms. The summed E-state index contributed by atoms with van der Waals surface area (Å²) >= 11 is 0. The van der Waals surface area contributed by atoms with Crippen LogP contribution in [0, 0.1) is 6.92 Å². The normalized spacial score (nSPS) is 21.3. The van der Waals surface area contributed by atoms with E-state index in [4.69, 9.17) is 9.47 Å². The third-order valence-electron chi connectivity index (χ3n) is 3.55. The second-order valence-corrected chi connectivity index (χ2v) is 5.10. The molecule has 1 aliphatic rings. The van der Waals surface area contributed by atoms with Crippen molar-refractivity contribution in [2.75, 3.05) is 20.3 Å². The van der Waals surface area contributed by atoms with Gasteiger partial charge in [-0.1, -0.05) is 12.1 Å². The van der Waals surface area contributed by atoms with Crippen LogP contribution in [0.5, 0.6) is 5.75 Å². The summed E-state index contributed by atoms with van der Waals surface area (Å²) in [7, 11) is 1.51. The predicted octanol–water partition coefficient (Wildman–Crippen LogP) is 1.07. The van der Waals surface area contributed by atoms with Crippen molar-refractivity contribution in [1.82, 2.24) is 4.90 Å². The van der Waals surface area contributed by atoms with Gasteiger partial charge >= 0.3 is 5.97 Å². The zero-order valence-electron chi connectivity index (χ0n) is 12.1. The number of carboxylic acid groups (broad SMARTS) is 1. The molecule has 1 aliphatic heterocycles. The van der Waals surface area contributed by atoms with Crippen molar-refractivity contribution in [2.45, 2.75) is 25.5 Å². The van der Waals surface area contributed by atoms with E-state index in [0.717, 1.165) is 5.56 Å². The number of aryl methyl sites for hydroxylation is 1. The quantitative estimate of drug-likeness (QED) is 0.879. The molecule has 2 rings (SSSR count). The van der Waals surface area contributed by atoms with E-state index in [1.807, 2.05) is 25.1 Å². The molecule has 6 nitrogen and oxygen atoms in total. The monoisotopic (exact) mass is 293 g/mol. The van der Waals surface area contributed by atoms with Gasteiger partial charge < -0.3 is 19.5 Å². The number of ether oxygens (including phenoxy) is 2. The third kappa shape index (κ3) is 3.72. The van der Waals surface area contributed by atoms with Gasteiger partial charge in [0.15, 0.2) is 6.61 Å². The van der Waals surface area contributed by atoms with Gasteiger partial charge in [-0.2, -0.15) is 0 Å². The molecule has 1 aromatic rings. The van der Waals surface area contributed by atoms with Gasteiger partial charge in [0.2, 0.25) is 0 Å². The Morgan fingerprint density at radius 3 is 2.81 bits per heavy atom. The predicted molar refractivity (Wildman–Crippen MR) is 75.2 cm³/mol. The lowest BCUT2D eigenvalue weighted by atomic mass is 10.2. The Hall–Kier alpha value is -2.08. The van der Waals surface area contributed by atoms with Crippen molar-refractivity contribution in [3.63, 3.8) is 0 Å². The second kappa shape index (κ2) is 6.58. The number of amides is 1. The number of benzene rings is 1. The maximum atomic E-state index is 12.2. The number of nitrogens with zero attached hydrogens (tertiary/aromatic N) is 1. The fraction of sp³-hybridized carbons (Fsp3) is 0.467. The highest BCUT2D eigenvalue weighted by Crippen LogP contribution is 2.21. The van der Waals surface area contributed by atoms with Crippen LogP contribution < -0.4 is 4.74 Å². The van der Waals surface area contributed by atoms with Crippen molar-refractivity contribution < 1.29 is 24.2 Å². The first-order chi connectivity index (χ1) is 10.0. The SMILES string of the molecule is COC1CC(C(=O)O)N(C(=O)COc2cccc(C)c2)C1. The first-order valence-corrected chi connectivity index (χ1v) is 6.75. The van der Waals surface area contributed by atoms with Gasteiger partial charge in [0.25, 0.3) is 5.91 Å². The Morgan fingerprint density at radius 2 is 2.19 bits per heavy atom. The summed E-state index contributed by atoms with van der Waals surface area (Å²) in [6.45, 7) is 2.03. The molecule has 0 saturated carbocycles. The lowest BCUT2D eigenvalue weighted by Gasteiger charge is -2.21. The van der Waals surface area contributed by atoms with Crippen LogP contribution in [0.3, 0.4) is 0 Å². The molecule has 1 fully saturated rings. The molecule has 0 bridgehead atoms. The van der Waals surface area contributed by atoms with Crippen LogP contribution in [-0.2, 0) is 14.3 Å². The summed E-state index contributed by atoms with van der Waals surface area (Å²) in [6, 6.07) is 6.51. The first-order valence-electron chi connectivity index (χ1n) is 6.75. The highest BCUT2D eigenvalue weighted by Gasteiger charge is 2.39. The first kappa shape index (κ1) is 15.3. The number of carbonyl (C=O) groups excluding carboxylic acids is 1. The molecule has 0 aromatic heterocycles. The number of hydrogen-bond donors (Lipinski definition) is 1. The van der Waals surface area contributed by atoms with Crippen LogP contribution in [0.2, 0.25) is 0 Å². The minimum atomic E-state index is -1.02.